The lowest BCUT2D eigenvalue weighted by atomic mass is 10.1. The van der Waals surface area contributed by atoms with Crippen LogP contribution >= 0.6 is 0 Å². The highest BCUT2D eigenvalue weighted by Crippen LogP contribution is 2.26. The van der Waals surface area contributed by atoms with E-state index in [0.29, 0.717) is 64.4 Å². The molecule has 0 amide bonds. The van der Waals surface area contributed by atoms with Crippen molar-refractivity contribution in [3.63, 3.8) is 0 Å². The van der Waals surface area contributed by atoms with Gasteiger partial charge in [0, 0.05) is 23.2 Å². The summed E-state index contributed by atoms with van der Waals surface area (Å²) in [7, 11) is 0. The van der Waals surface area contributed by atoms with Crippen molar-refractivity contribution >= 4 is 21.8 Å². The van der Waals surface area contributed by atoms with E-state index in [0.717, 1.165) is 21.8 Å². The van der Waals surface area contributed by atoms with Crippen LogP contribution in [0.25, 0.3) is 21.8 Å². The highest BCUT2D eigenvalue weighted by atomic mass is 16.6. The quantitative estimate of drug-likeness (QED) is 0.327. The number of rotatable bonds is 6. The van der Waals surface area contributed by atoms with Gasteiger partial charge in [0.2, 0.25) is 0 Å². The van der Waals surface area contributed by atoms with E-state index >= 15 is 0 Å². The summed E-state index contributed by atoms with van der Waals surface area (Å²) in [5.41, 5.74) is 0.174. The predicted octanol–water partition coefficient (Wildman–Crippen LogP) is 4.85. The lowest BCUT2D eigenvalue weighted by Crippen LogP contribution is -2.44. The maximum Gasteiger partial charge on any atom is 0.145 e. The molecular weight excluding hydrogens is 524 g/mol. The van der Waals surface area contributed by atoms with Crippen LogP contribution in [0.15, 0.2) is 73.1 Å². The largest absolute Gasteiger partial charge is 0.488 e. The number of para-hydroxylation sites is 2. The standard InChI is InChI=1S/C32H38N2O7/c1-31(23-38-27-11-3-7-25-9-5-13-33-29(25)27)21-36-17-15-35-16-18-37-22-32(2,41-20-19-40-31)24-39-28-12-4-8-26-10-6-14-34-30(26)28/h3-14H,15-24H2,1-2H3/t31-,32-/m1/s1. The van der Waals surface area contributed by atoms with Crippen molar-refractivity contribution in [1.29, 1.82) is 0 Å². The van der Waals surface area contributed by atoms with Gasteiger partial charge in [-0.3, -0.25) is 9.97 Å². The number of nitrogens with zero attached hydrogens (tertiary/aromatic N) is 2. The van der Waals surface area contributed by atoms with Gasteiger partial charge in [0.15, 0.2) is 0 Å². The molecule has 2 atom stereocenters. The summed E-state index contributed by atoms with van der Waals surface area (Å²) < 4.78 is 42.6. The molecule has 2 aromatic carbocycles. The lowest BCUT2D eigenvalue weighted by molar-refractivity contribution is -0.149. The zero-order chi connectivity index (χ0) is 28.4. The number of fused-ring (bicyclic) bond motifs is 2. The Labute approximate surface area is 240 Å². The molecule has 9 nitrogen and oxygen atoms in total. The van der Waals surface area contributed by atoms with Crippen molar-refractivity contribution in [2.75, 3.05) is 66.1 Å². The third-order valence-electron chi connectivity index (χ3n) is 6.80. The van der Waals surface area contributed by atoms with E-state index in [-0.39, 0.29) is 13.2 Å². The number of aromatic nitrogens is 2. The van der Waals surface area contributed by atoms with Crippen LogP contribution in [-0.2, 0) is 23.7 Å². The van der Waals surface area contributed by atoms with Gasteiger partial charge in [0.1, 0.15) is 46.9 Å². The van der Waals surface area contributed by atoms with E-state index in [4.69, 9.17) is 33.2 Å². The first-order chi connectivity index (χ1) is 20.0. The van der Waals surface area contributed by atoms with Crippen molar-refractivity contribution in [1.82, 2.24) is 9.97 Å². The molecule has 1 saturated heterocycles. The van der Waals surface area contributed by atoms with Crippen molar-refractivity contribution < 1.29 is 33.2 Å². The molecule has 1 aliphatic heterocycles. The smallest absolute Gasteiger partial charge is 0.145 e. The van der Waals surface area contributed by atoms with E-state index in [1.54, 1.807) is 12.4 Å². The maximum absolute atomic E-state index is 6.33. The summed E-state index contributed by atoms with van der Waals surface area (Å²) in [6, 6.07) is 19.6. The number of hydrogen-bond donors (Lipinski definition) is 0. The van der Waals surface area contributed by atoms with Crippen LogP contribution in [0, 0.1) is 0 Å². The van der Waals surface area contributed by atoms with Crippen LogP contribution in [0.2, 0.25) is 0 Å². The second-order valence-electron chi connectivity index (χ2n) is 10.6. The fourth-order valence-electron chi connectivity index (χ4n) is 4.59. The summed E-state index contributed by atoms with van der Waals surface area (Å²) in [4.78, 5) is 8.98. The van der Waals surface area contributed by atoms with E-state index in [1.807, 2.05) is 74.5 Å². The molecule has 0 aliphatic carbocycles. The Bertz CT molecular complexity index is 1290. The molecule has 3 heterocycles. The number of benzene rings is 2. The summed E-state index contributed by atoms with van der Waals surface area (Å²) >= 11 is 0. The zero-order valence-electron chi connectivity index (χ0n) is 23.8. The summed E-state index contributed by atoms with van der Waals surface area (Å²) in [6.45, 7) is 7.63. The lowest BCUT2D eigenvalue weighted by Gasteiger charge is -2.32. The van der Waals surface area contributed by atoms with Gasteiger partial charge in [-0.15, -0.1) is 0 Å². The van der Waals surface area contributed by atoms with Gasteiger partial charge < -0.3 is 33.2 Å². The van der Waals surface area contributed by atoms with Crippen molar-refractivity contribution in [3.05, 3.63) is 73.1 Å². The van der Waals surface area contributed by atoms with Gasteiger partial charge in [0.05, 0.1) is 52.9 Å². The highest BCUT2D eigenvalue weighted by molar-refractivity contribution is 5.84. The second kappa shape index (κ2) is 14.0. The third kappa shape index (κ3) is 8.12. The van der Waals surface area contributed by atoms with E-state index < -0.39 is 11.2 Å². The van der Waals surface area contributed by atoms with Crippen LogP contribution in [0.5, 0.6) is 11.5 Å². The Balaban J connectivity index is 1.23. The van der Waals surface area contributed by atoms with Crippen LogP contribution in [0.1, 0.15) is 13.8 Å². The van der Waals surface area contributed by atoms with Crippen LogP contribution in [-0.4, -0.2) is 87.2 Å². The van der Waals surface area contributed by atoms with Crippen LogP contribution in [0.4, 0.5) is 0 Å². The molecule has 4 aromatic rings. The number of pyridine rings is 2. The van der Waals surface area contributed by atoms with Gasteiger partial charge in [-0.25, -0.2) is 0 Å². The molecule has 0 bridgehead atoms. The molecular formula is C32H38N2O7. The first kappa shape index (κ1) is 29.2. The normalized spacial score (nSPS) is 23.5. The molecule has 0 saturated carbocycles. The van der Waals surface area contributed by atoms with E-state index in [9.17, 15) is 0 Å². The first-order valence-electron chi connectivity index (χ1n) is 14.0. The maximum atomic E-state index is 6.33. The van der Waals surface area contributed by atoms with Crippen LogP contribution in [0.3, 0.4) is 0 Å². The topological polar surface area (TPSA) is 90.4 Å². The van der Waals surface area contributed by atoms with E-state index in [2.05, 4.69) is 9.97 Å². The molecule has 5 rings (SSSR count). The number of hydrogen-bond acceptors (Lipinski definition) is 9. The summed E-state index contributed by atoms with van der Waals surface area (Å²) in [5, 5.41) is 2.03. The van der Waals surface area contributed by atoms with Gasteiger partial charge in [-0.05, 0) is 38.1 Å². The van der Waals surface area contributed by atoms with Crippen molar-refractivity contribution in [2.45, 2.75) is 25.0 Å². The van der Waals surface area contributed by atoms with Crippen molar-refractivity contribution in [2.24, 2.45) is 0 Å². The Morgan fingerprint density at radius 3 is 1.51 bits per heavy atom. The molecule has 0 radical (unpaired) electrons. The molecule has 2 aromatic heterocycles. The van der Waals surface area contributed by atoms with Crippen LogP contribution < -0.4 is 9.47 Å². The molecule has 9 heteroatoms. The van der Waals surface area contributed by atoms with E-state index in [1.165, 1.54) is 0 Å². The molecule has 0 unspecified atom stereocenters. The molecule has 1 fully saturated rings. The number of ether oxygens (including phenoxy) is 7. The molecule has 41 heavy (non-hydrogen) atoms. The fraction of sp³-hybridized carbons (Fsp3) is 0.438. The first-order valence-corrected chi connectivity index (χ1v) is 14.0. The molecule has 0 N–H and O–H groups in total. The molecule has 1 aliphatic rings. The Hall–Kier alpha value is -3.34. The van der Waals surface area contributed by atoms with Crippen molar-refractivity contribution in [3.8, 4) is 11.5 Å². The Morgan fingerprint density at radius 2 is 1.02 bits per heavy atom. The summed E-state index contributed by atoms with van der Waals surface area (Å²) in [5.74, 6) is 1.40. The molecule has 218 valence electrons. The third-order valence-corrected chi connectivity index (χ3v) is 6.80. The Morgan fingerprint density at radius 1 is 0.585 bits per heavy atom. The highest BCUT2D eigenvalue weighted by Gasteiger charge is 2.30. The zero-order valence-corrected chi connectivity index (χ0v) is 23.8. The van der Waals surface area contributed by atoms with Gasteiger partial charge in [-0.2, -0.15) is 0 Å². The minimum Gasteiger partial charge on any atom is -0.488 e. The average molecular weight is 563 g/mol. The Kier molecular flexibility index (Phi) is 9.97. The van der Waals surface area contributed by atoms with Gasteiger partial charge >= 0.3 is 0 Å². The SMILES string of the molecule is C[C@]1(COc2cccc3cccnc23)COCCOCCOC[C@](C)(COc2cccc3cccnc23)OCCO1. The fourth-order valence-corrected chi connectivity index (χ4v) is 4.59. The average Bonchev–Trinajstić information content (AvgIpc) is 3.01. The molecule has 0 spiro atoms. The minimum absolute atomic E-state index is 0.279. The van der Waals surface area contributed by atoms with Gasteiger partial charge in [-0.1, -0.05) is 36.4 Å². The predicted molar refractivity (Wildman–Crippen MR) is 156 cm³/mol. The monoisotopic (exact) mass is 562 g/mol. The summed E-state index contributed by atoms with van der Waals surface area (Å²) in [6.07, 6.45) is 3.53. The minimum atomic E-state index is -0.724. The van der Waals surface area contributed by atoms with Gasteiger partial charge in [0.25, 0.3) is 0 Å². The second-order valence-corrected chi connectivity index (χ2v) is 10.6.